The van der Waals surface area contributed by atoms with Crippen LogP contribution < -0.4 is 10.2 Å². The van der Waals surface area contributed by atoms with Crippen LogP contribution >= 0.6 is 0 Å². The number of hydrogen-bond acceptors (Lipinski definition) is 4. The van der Waals surface area contributed by atoms with Gasteiger partial charge in [-0.05, 0) is 43.5 Å². The van der Waals surface area contributed by atoms with Gasteiger partial charge in [-0.1, -0.05) is 24.3 Å². The van der Waals surface area contributed by atoms with Gasteiger partial charge in [0.05, 0.1) is 0 Å². The zero-order chi connectivity index (χ0) is 16.4. The maximum atomic E-state index is 11.6. The first-order valence-electron chi connectivity index (χ1n) is 7.98. The van der Waals surface area contributed by atoms with E-state index in [0.717, 1.165) is 18.8 Å². The molecule has 2 atom stereocenters. The summed E-state index contributed by atoms with van der Waals surface area (Å²) < 4.78 is 0. The predicted octanol–water partition coefficient (Wildman–Crippen LogP) is 2.53. The van der Waals surface area contributed by atoms with Crippen molar-refractivity contribution in [1.29, 1.82) is 0 Å². The second-order valence-corrected chi connectivity index (χ2v) is 6.15. The number of nitrogens with zero attached hydrogens (tertiary/aromatic N) is 3. The lowest BCUT2D eigenvalue weighted by molar-refractivity contribution is 0.0957. The fourth-order valence-electron chi connectivity index (χ4n) is 3.35. The Hall–Kier alpha value is -2.43. The Morgan fingerprint density at radius 3 is 2.65 bits per heavy atom. The molecule has 0 bridgehead atoms. The number of aromatic nitrogens is 2. The lowest BCUT2D eigenvalue weighted by Gasteiger charge is -2.22. The van der Waals surface area contributed by atoms with Gasteiger partial charge >= 0.3 is 0 Å². The highest BCUT2D eigenvalue weighted by molar-refractivity contribution is 5.91. The Balaban J connectivity index is 1.79. The molecular formula is C18H22N4O. The number of carbonyl (C=O) groups is 1. The quantitative estimate of drug-likeness (QED) is 0.946. The first kappa shape index (κ1) is 15.5. The molecule has 23 heavy (non-hydrogen) atoms. The number of rotatable bonds is 3. The molecule has 1 aliphatic heterocycles. The monoisotopic (exact) mass is 310 g/mol. The summed E-state index contributed by atoms with van der Waals surface area (Å²) in [6.07, 6.45) is 1.10. The highest BCUT2D eigenvalue weighted by Gasteiger charge is 2.31. The lowest BCUT2D eigenvalue weighted by Crippen LogP contribution is -2.28. The van der Waals surface area contributed by atoms with E-state index in [1.165, 1.54) is 11.1 Å². The van der Waals surface area contributed by atoms with E-state index in [2.05, 4.69) is 58.5 Å². The molecule has 2 aromatic rings. The Morgan fingerprint density at radius 2 is 2.00 bits per heavy atom. The van der Waals surface area contributed by atoms with E-state index in [4.69, 9.17) is 0 Å². The van der Waals surface area contributed by atoms with Crippen LogP contribution in [0.25, 0.3) is 0 Å². The summed E-state index contributed by atoms with van der Waals surface area (Å²) in [5.74, 6) is 1.13. The molecule has 1 fully saturated rings. The van der Waals surface area contributed by atoms with Crippen LogP contribution in [-0.2, 0) is 0 Å². The zero-order valence-corrected chi connectivity index (χ0v) is 13.8. The van der Waals surface area contributed by atoms with Gasteiger partial charge in [0.2, 0.25) is 0 Å². The van der Waals surface area contributed by atoms with Crippen LogP contribution in [0.15, 0.2) is 36.4 Å². The maximum absolute atomic E-state index is 11.6. The second-order valence-electron chi connectivity index (χ2n) is 6.15. The molecule has 0 saturated carbocycles. The molecule has 3 rings (SSSR count). The maximum Gasteiger partial charge on any atom is 0.271 e. The average molecular weight is 310 g/mol. The molecule has 2 heterocycles. The van der Waals surface area contributed by atoms with Crippen molar-refractivity contribution >= 4 is 11.7 Å². The van der Waals surface area contributed by atoms with Crippen molar-refractivity contribution in [2.24, 2.45) is 0 Å². The van der Waals surface area contributed by atoms with Crippen LogP contribution in [0.3, 0.4) is 0 Å². The molecule has 1 saturated heterocycles. The third-order valence-electron chi connectivity index (χ3n) is 4.61. The fraction of sp³-hybridized carbons (Fsp3) is 0.389. The number of benzene rings is 1. The van der Waals surface area contributed by atoms with Crippen LogP contribution in [0, 0.1) is 6.92 Å². The number of nitrogens with one attached hydrogen (secondary N) is 1. The molecule has 1 N–H and O–H groups in total. The smallest absolute Gasteiger partial charge is 0.271 e. The van der Waals surface area contributed by atoms with Gasteiger partial charge in [-0.2, -0.15) is 0 Å². The van der Waals surface area contributed by atoms with Crippen molar-refractivity contribution in [2.45, 2.75) is 32.2 Å². The second kappa shape index (κ2) is 6.36. The standard InChI is InChI=1S/C18H22N4O/c1-12-6-4-5-7-15(12)14-10-13(2)22(11-14)17-9-8-16(20-21-17)18(23)19-3/h4-9,13-14H,10-11H2,1-3H3,(H,19,23). The minimum absolute atomic E-state index is 0.212. The van der Waals surface area contributed by atoms with E-state index in [1.807, 2.05) is 6.07 Å². The number of carbonyl (C=O) groups excluding carboxylic acids is 1. The Labute approximate surface area is 136 Å². The van der Waals surface area contributed by atoms with Crippen molar-refractivity contribution in [2.75, 3.05) is 18.5 Å². The molecule has 0 spiro atoms. The van der Waals surface area contributed by atoms with Gasteiger partial charge in [-0.3, -0.25) is 4.79 Å². The summed E-state index contributed by atoms with van der Waals surface area (Å²) >= 11 is 0. The molecule has 5 heteroatoms. The van der Waals surface area contributed by atoms with Crippen LogP contribution in [0.4, 0.5) is 5.82 Å². The van der Waals surface area contributed by atoms with Gasteiger partial charge in [0.1, 0.15) is 0 Å². The summed E-state index contributed by atoms with van der Waals surface area (Å²) in [5, 5.41) is 10.8. The average Bonchev–Trinajstić information content (AvgIpc) is 2.96. The molecule has 1 aliphatic rings. The molecule has 1 aromatic heterocycles. The highest BCUT2D eigenvalue weighted by Crippen LogP contribution is 2.35. The summed E-state index contributed by atoms with van der Waals surface area (Å²) in [6.45, 7) is 5.31. The van der Waals surface area contributed by atoms with E-state index in [1.54, 1.807) is 13.1 Å². The molecule has 120 valence electrons. The first-order chi connectivity index (χ1) is 11.1. The van der Waals surface area contributed by atoms with E-state index in [-0.39, 0.29) is 5.91 Å². The van der Waals surface area contributed by atoms with Crippen molar-refractivity contribution in [1.82, 2.24) is 15.5 Å². The predicted molar refractivity (Wildman–Crippen MR) is 90.8 cm³/mol. The van der Waals surface area contributed by atoms with Crippen molar-refractivity contribution < 1.29 is 4.79 Å². The lowest BCUT2D eigenvalue weighted by atomic mass is 9.93. The highest BCUT2D eigenvalue weighted by atomic mass is 16.1. The van der Waals surface area contributed by atoms with Crippen LogP contribution in [-0.4, -0.2) is 35.7 Å². The van der Waals surface area contributed by atoms with E-state index >= 15 is 0 Å². The van der Waals surface area contributed by atoms with Gasteiger partial charge < -0.3 is 10.2 Å². The normalized spacial score (nSPS) is 20.6. The van der Waals surface area contributed by atoms with Gasteiger partial charge in [0.15, 0.2) is 11.5 Å². The van der Waals surface area contributed by atoms with Gasteiger partial charge in [0, 0.05) is 25.6 Å². The van der Waals surface area contributed by atoms with E-state index in [0.29, 0.717) is 17.7 Å². The van der Waals surface area contributed by atoms with Crippen LogP contribution in [0.2, 0.25) is 0 Å². The van der Waals surface area contributed by atoms with Gasteiger partial charge in [-0.25, -0.2) is 0 Å². The Kier molecular flexibility index (Phi) is 4.28. The number of amides is 1. The summed E-state index contributed by atoms with van der Waals surface area (Å²) in [5.41, 5.74) is 3.10. The van der Waals surface area contributed by atoms with Crippen LogP contribution in [0.5, 0.6) is 0 Å². The van der Waals surface area contributed by atoms with Gasteiger partial charge in [0.25, 0.3) is 5.91 Å². The summed E-state index contributed by atoms with van der Waals surface area (Å²) in [7, 11) is 1.59. The molecule has 2 unspecified atom stereocenters. The largest absolute Gasteiger partial charge is 0.354 e. The van der Waals surface area contributed by atoms with Crippen molar-refractivity contribution in [3.05, 3.63) is 53.2 Å². The third-order valence-corrected chi connectivity index (χ3v) is 4.61. The first-order valence-corrected chi connectivity index (χ1v) is 7.98. The number of hydrogen-bond donors (Lipinski definition) is 1. The molecular weight excluding hydrogens is 288 g/mol. The zero-order valence-electron chi connectivity index (χ0n) is 13.8. The third kappa shape index (κ3) is 3.04. The molecule has 5 nitrogen and oxygen atoms in total. The van der Waals surface area contributed by atoms with Gasteiger partial charge in [-0.15, -0.1) is 10.2 Å². The SMILES string of the molecule is CNC(=O)c1ccc(N2CC(c3ccccc3C)CC2C)nn1. The fourth-order valence-corrected chi connectivity index (χ4v) is 3.35. The Morgan fingerprint density at radius 1 is 1.22 bits per heavy atom. The summed E-state index contributed by atoms with van der Waals surface area (Å²) in [4.78, 5) is 13.8. The van der Waals surface area contributed by atoms with Crippen LogP contribution in [0.1, 0.15) is 40.9 Å². The van der Waals surface area contributed by atoms with Crippen molar-refractivity contribution in [3.8, 4) is 0 Å². The molecule has 0 aliphatic carbocycles. The van der Waals surface area contributed by atoms with E-state index in [9.17, 15) is 4.79 Å². The minimum Gasteiger partial charge on any atom is -0.354 e. The number of anilines is 1. The topological polar surface area (TPSA) is 58.1 Å². The Bertz CT molecular complexity index is 698. The molecule has 1 amide bonds. The summed E-state index contributed by atoms with van der Waals surface area (Å²) in [6, 6.07) is 12.6. The van der Waals surface area contributed by atoms with Crippen molar-refractivity contribution in [3.63, 3.8) is 0 Å². The minimum atomic E-state index is -0.212. The van der Waals surface area contributed by atoms with E-state index < -0.39 is 0 Å². The molecule has 0 radical (unpaired) electrons. The molecule has 1 aromatic carbocycles. The number of aryl methyl sites for hydroxylation is 1.